The average Bonchev–Trinajstić information content (AvgIpc) is 2.93. The molecule has 39 heavy (non-hydrogen) atoms. The minimum Gasteiger partial charge on any atom is -0.476 e. The molecular weight excluding hydrogens is 542 g/mol. The minimum atomic E-state index is -3.95. The first kappa shape index (κ1) is 26.1. The summed E-state index contributed by atoms with van der Waals surface area (Å²) in [5.41, 5.74) is 1.27. The SMILES string of the molecule is O=C(Nc1ccc(S(=O)(=O)Nc2ncccn2)cc1)C1CN(S(=O)(=O)Cc2ccccc2)c2ccccc2O1. The second-order valence-electron chi connectivity index (χ2n) is 8.54. The number of para-hydroxylation sites is 2. The summed E-state index contributed by atoms with van der Waals surface area (Å²) < 4.78 is 61.3. The van der Waals surface area contributed by atoms with Gasteiger partial charge in [0.1, 0.15) is 5.75 Å². The zero-order valence-electron chi connectivity index (χ0n) is 20.3. The van der Waals surface area contributed by atoms with Crippen molar-refractivity contribution in [1.29, 1.82) is 0 Å². The molecule has 1 aliphatic rings. The van der Waals surface area contributed by atoms with Crippen LogP contribution in [0.1, 0.15) is 5.56 Å². The summed E-state index contributed by atoms with van der Waals surface area (Å²) in [6.07, 6.45) is 1.66. The molecule has 200 valence electrons. The Morgan fingerprint density at radius 3 is 2.26 bits per heavy atom. The predicted molar refractivity (Wildman–Crippen MR) is 145 cm³/mol. The largest absolute Gasteiger partial charge is 0.476 e. The summed E-state index contributed by atoms with van der Waals surface area (Å²) >= 11 is 0. The molecule has 0 aliphatic carbocycles. The highest BCUT2D eigenvalue weighted by Gasteiger charge is 2.36. The molecule has 1 atom stereocenters. The fourth-order valence-electron chi connectivity index (χ4n) is 3.94. The van der Waals surface area contributed by atoms with Crippen LogP contribution in [0.3, 0.4) is 0 Å². The van der Waals surface area contributed by atoms with Crippen LogP contribution in [0.5, 0.6) is 5.75 Å². The van der Waals surface area contributed by atoms with E-state index in [0.29, 0.717) is 16.9 Å². The summed E-state index contributed by atoms with van der Waals surface area (Å²) in [5, 5.41) is 2.67. The van der Waals surface area contributed by atoms with Crippen LogP contribution in [0, 0.1) is 0 Å². The third kappa shape index (κ3) is 5.99. The van der Waals surface area contributed by atoms with Gasteiger partial charge in [-0.25, -0.2) is 31.5 Å². The molecule has 0 radical (unpaired) electrons. The molecule has 2 N–H and O–H groups in total. The molecule has 5 rings (SSSR count). The highest BCUT2D eigenvalue weighted by Crippen LogP contribution is 2.36. The zero-order chi connectivity index (χ0) is 27.5. The summed E-state index contributed by atoms with van der Waals surface area (Å²) in [7, 11) is -7.80. The lowest BCUT2D eigenvalue weighted by molar-refractivity contribution is -0.122. The summed E-state index contributed by atoms with van der Waals surface area (Å²) in [6.45, 7) is -0.231. The first-order valence-corrected chi connectivity index (χ1v) is 14.8. The van der Waals surface area contributed by atoms with Crippen LogP contribution in [-0.4, -0.2) is 45.4 Å². The van der Waals surface area contributed by atoms with Gasteiger partial charge in [0, 0.05) is 18.1 Å². The molecule has 0 bridgehead atoms. The lowest BCUT2D eigenvalue weighted by Gasteiger charge is -2.34. The maximum Gasteiger partial charge on any atom is 0.267 e. The van der Waals surface area contributed by atoms with Crippen molar-refractivity contribution in [3.8, 4) is 5.75 Å². The van der Waals surface area contributed by atoms with Crippen molar-refractivity contribution in [3.63, 3.8) is 0 Å². The van der Waals surface area contributed by atoms with Gasteiger partial charge in [0.05, 0.1) is 22.9 Å². The number of anilines is 3. The van der Waals surface area contributed by atoms with E-state index in [-0.39, 0.29) is 28.9 Å². The average molecular weight is 566 g/mol. The van der Waals surface area contributed by atoms with Crippen molar-refractivity contribution in [1.82, 2.24) is 9.97 Å². The van der Waals surface area contributed by atoms with Gasteiger partial charge in [-0.15, -0.1) is 0 Å². The number of benzene rings is 3. The lowest BCUT2D eigenvalue weighted by atomic mass is 10.2. The van der Waals surface area contributed by atoms with Crippen molar-refractivity contribution in [3.05, 3.63) is 103 Å². The molecule has 0 spiro atoms. The number of nitrogens with one attached hydrogen (secondary N) is 2. The molecule has 0 fully saturated rings. The van der Waals surface area contributed by atoms with Crippen molar-refractivity contribution in [2.75, 3.05) is 20.9 Å². The molecule has 13 heteroatoms. The molecule has 1 aromatic heterocycles. The third-order valence-electron chi connectivity index (χ3n) is 5.78. The van der Waals surface area contributed by atoms with E-state index < -0.39 is 32.1 Å². The van der Waals surface area contributed by atoms with Crippen LogP contribution in [-0.2, 0) is 30.6 Å². The summed E-state index contributed by atoms with van der Waals surface area (Å²) in [5.74, 6) is -0.641. The topological polar surface area (TPSA) is 148 Å². The number of carbonyl (C=O) groups excluding carboxylic acids is 1. The van der Waals surface area contributed by atoms with Crippen LogP contribution in [0.2, 0.25) is 0 Å². The van der Waals surface area contributed by atoms with Gasteiger partial charge in [-0.3, -0.25) is 9.10 Å². The quantitative estimate of drug-likeness (QED) is 0.331. The van der Waals surface area contributed by atoms with Crippen molar-refractivity contribution >= 4 is 43.3 Å². The van der Waals surface area contributed by atoms with Crippen LogP contribution in [0.15, 0.2) is 102 Å². The van der Waals surface area contributed by atoms with Gasteiger partial charge in [0.25, 0.3) is 15.9 Å². The number of hydrogen-bond acceptors (Lipinski definition) is 8. The summed E-state index contributed by atoms with van der Waals surface area (Å²) in [6, 6.07) is 22.4. The Morgan fingerprint density at radius 2 is 1.54 bits per heavy atom. The maximum atomic E-state index is 13.4. The minimum absolute atomic E-state index is 0.0611. The Morgan fingerprint density at radius 1 is 0.872 bits per heavy atom. The fourth-order valence-corrected chi connectivity index (χ4v) is 6.48. The number of hydrogen-bond donors (Lipinski definition) is 2. The Labute approximate surface area is 225 Å². The monoisotopic (exact) mass is 565 g/mol. The van der Waals surface area contributed by atoms with Crippen LogP contribution in [0.25, 0.3) is 0 Å². The number of fused-ring (bicyclic) bond motifs is 1. The summed E-state index contributed by atoms with van der Waals surface area (Å²) in [4.78, 5) is 20.7. The van der Waals surface area contributed by atoms with Gasteiger partial charge in [0.15, 0.2) is 6.10 Å². The highest BCUT2D eigenvalue weighted by atomic mass is 32.2. The zero-order valence-corrected chi connectivity index (χ0v) is 22.0. The molecule has 0 saturated carbocycles. The van der Waals surface area contributed by atoms with Gasteiger partial charge < -0.3 is 10.1 Å². The van der Waals surface area contributed by atoms with Crippen LogP contribution in [0.4, 0.5) is 17.3 Å². The van der Waals surface area contributed by atoms with Crippen LogP contribution < -0.4 is 19.1 Å². The number of amides is 1. The standard InChI is InChI=1S/C26H23N5O6S2/c32-25(29-20-11-13-21(14-12-20)39(35,36)30-26-27-15-6-16-28-26)24-17-31(22-9-4-5-10-23(22)37-24)38(33,34)18-19-7-2-1-3-8-19/h1-16,24H,17-18H2,(H,29,32)(H,27,28,30). The molecule has 2 heterocycles. The van der Waals surface area contributed by atoms with E-state index in [4.69, 9.17) is 4.74 Å². The first-order valence-electron chi connectivity index (χ1n) is 11.7. The second-order valence-corrected chi connectivity index (χ2v) is 12.1. The number of rotatable bonds is 8. The van der Waals surface area contributed by atoms with E-state index in [0.717, 1.165) is 0 Å². The fraction of sp³-hybridized carbons (Fsp3) is 0.115. The van der Waals surface area contributed by atoms with Gasteiger partial charge in [0.2, 0.25) is 16.0 Å². The van der Waals surface area contributed by atoms with Crippen molar-refractivity contribution in [2.45, 2.75) is 16.8 Å². The number of aromatic nitrogens is 2. The Kier molecular flexibility index (Phi) is 7.17. The predicted octanol–water partition coefficient (Wildman–Crippen LogP) is 3.01. The van der Waals surface area contributed by atoms with Gasteiger partial charge in [-0.2, -0.15) is 0 Å². The van der Waals surface area contributed by atoms with E-state index in [1.807, 2.05) is 0 Å². The molecule has 0 saturated heterocycles. The molecule has 3 aromatic carbocycles. The smallest absolute Gasteiger partial charge is 0.267 e. The van der Waals surface area contributed by atoms with Crippen LogP contribution >= 0.6 is 0 Å². The highest BCUT2D eigenvalue weighted by molar-refractivity contribution is 7.92. The van der Waals surface area contributed by atoms with Gasteiger partial charge in [-0.05, 0) is 48.0 Å². The van der Waals surface area contributed by atoms with E-state index >= 15 is 0 Å². The number of carbonyl (C=O) groups is 1. The van der Waals surface area contributed by atoms with E-state index in [2.05, 4.69) is 20.0 Å². The van der Waals surface area contributed by atoms with Crippen molar-refractivity contribution < 1.29 is 26.4 Å². The van der Waals surface area contributed by atoms with Gasteiger partial charge in [-0.1, -0.05) is 42.5 Å². The van der Waals surface area contributed by atoms with E-state index in [1.165, 1.54) is 41.0 Å². The molecule has 11 nitrogen and oxygen atoms in total. The third-order valence-corrected chi connectivity index (χ3v) is 8.84. The van der Waals surface area contributed by atoms with E-state index in [1.54, 1.807) is 60.7 Å². The number of sulfonamides is 2. The normalized spacial score (nSPS) is 15.1. The van der Waals surface area contributed by atoms with Gasteiger partial charge >= 0.3 is 0 Å². The Balaban J connectivity index is 1.32. The Hall–Kier alpha value is -4.49. The maximum absolute atomic E-state index is 13.4. The molecule has 4 aromatic rings. The number of nitrogens with zero attached hydrogens (tertiary/aromatic N) is 3. The first-order chi connectivity index (χ1) is 18.7. The number of ether oxygens (including phenoxy) is 1. The van der Waals surface area contributed by atoms with Crippen molar-refractivity contribution in [2.24, 2.45) is 0 Å². The molecule has 1 unspecified atom stereocenters. The van der Waals surface area contributed by atoms with E-state index in [9.17, 15) is 21.6 Å². The second kappa shape index (κ2) is 10.7. The Bertz CT molecular complexity index is 1680. The molecular formula is C26H23N5O6S2. The lowest BCUT2D eigenvalue weighted by Crippen LogP contribution is -2.49. The molecule has 1 aliphatic heterocycles. The molecule has 1 amide bonds.